The van der Waals surface area contributed by atoms with Crippen molar-refractivity contribution in [2.75, 3.05) is 0 Å². The van der Waals surface area contributed by atoms with Crippen molar-refractivity contribution < 1.29 is 24.7 Å². The Morgan fingerprint density at radius 1 is 1.00 bits per heavy atom. The minimum absolute atomic E-state index is 0.125. The van der Waals surface area contributed by atoms with Crippen LogP contribution >= 0.6 is 31.9 Å². The molecule has 10 nitrogen and oxygen atoms in total. The van der Waals surface area contributed by atoms with E-state index >= 15 is 0 Å². The Hall–Kier alpha value is -4.03. The summed E-state index contributed by atoms with van der Waals surface area (Å²) in [5.74, 6) is -2.11. The number of hydrogen-bond acceptors (Lipinski definition) is 7. The molecule has 0 unspecified atom stereocenters. The Labute approximate surface area is 215 Å². The summed E-state index contributed by atoms with van der Waals surface area (Å²) in [7, 11) is 0. The van der Waals surface area contributed by atoms with Crippen LogP contribution in [0, 0.1) is 10.1 Å². The second kappa shape index (κ2) is 11.4. The van der Waals surface area contributed by atoms with Gasteiger partial charge in [-0.15, -0.1) is 0 Å². The Kier molecular flexibility index (Phi) is 8.34. The molecule has 0 saturated heterocycles. The number of nitrogens with zero attached hydrogens (tertiary/aromatic N) is 2. The van der Waals surface area contributed by atoms with Crippen molar-refractivity contribution in [1.82, 2.24) is 10.7 Å². The van der Waals surface area contributed by atoms with Gasteiger partial charge < -0.3 is 15.5 Å². The number of nitro benzene ring substituents is 1. The van der Waals surface area contributed by atoms with Crippen LogP contribution in [0.5, 0.6) is 11.5 Å². The summed E-state index contributed by atoms with van der Waals surface area (Å²) in [4.78, 5) is 35.8. The third-order valence-corrected chi connectivity index (χ3v) is 5.95. The first kappa shape index (κ1) is 25.6. The molecule has 4 N–H and O–H groups in total. The van der Waals surface area contributed by atoms with Crippen molar-refractivity contribution >= 4 is 61.7 Å². The van der Waals surface area contributed by atoms with Crippen LogP contribution in [0.2, 0.25) is 0 Å². The van der Waals surface area contributed by atoms with Crippen molar-refractivity contribution in [2.24, 2.45) is 5.10 Å². The highest BCUT2D eigenvalue weighted by Crippen LogP contribution is 2.40. The lowest BCUT2D eigenvalue weighted by molar-refractivity contribution is -0.384. The number of halogens is 2. The number of carbonyl (C=O) groups excluding carboxylic acids is 2. The zero-order valence-corrected chi connectivity index (χ0v) is 20.8. The molecule has 0 radical (unpaired) electrons. The summed E-state index contributed by atoms with van der Waals surface area (Å²) in [6.07, 6.45) is 2.56. The number of rotatable bonds is 7. The Balaban J connectivity index is 1.86. The Bertz CT molecular complexity index is 1340. The highest BCUT2D eigenvalue weighted by Gasteiger charge is 2.16. The van der Waals surface area contributed by atoms with E-state index in [1.807, 2.05) is 0 Å². The number of amides is 2. The number of hydrazone groups is 1. The lowest BCUT2D eigenvalue weighted by atomic mass is 10.1. The monoisotopic (exact) mass is 602 g/mol. The minimum Gasteiger partial charge on any atom is -0.503 e. The van der Waals surface area contributed by atoms with Gasteiger partial charge in [0.15, 0.2) is 11.5 Å². The predicted molar refractivity (Wildman–Crippen MR) is 136 cm³/mol. The number of hydrogen-bond donors (Lipinski definition) is 4. The maximum absolute atomic E-state index is 12.8. The van der Waals surface area contributed by atoms with Crippen LogP contribution in [0.25, 0.3) is 6.08 Å². The van der Waals surface area contributed by atoms with Crippen molar-refractivity contribution in [3.63, 3.8) is 0 Å². The first-order valence-corrected chi connectivity index (χ1v) is 11.3. The van der Waals surface area contributed by atoms with Gasteiger partial charge in [0.05, 0.1) is 20.1 Å². The van der Waals surface area contributed by atoms with Crippen LogP contribution < -0.4 is 10.7 Å². The maximum atomic E-state index is 12.8. The molecule has 12 heteroatoms. The second-order valence-corrected chi connectivity index (χ2v) is 8.53. The predicted octanol–water partition coefficient (Wildman–Crippen LogP) is 4.45. The smallest absolute Gasteiger partial charge is 0.287 e. The molecule has 0 heterocycles. The van der Waals surface area contributed by atoms with Crippen molar-refractivity contribution in [3.8, 4) is 11.5 Å². The van der Waals surface area contributed by atoms with Gasteiger partial charge in [-0.1, -0.05) is 18.2 Å². The number of aromatic hydroxyl groups is 2. The van der Waals surface area contributed by atoms with Gasteiger partial charge in [-0.3, -0.25) is 19.7 Å². The Morgan fingerprint density at radius 3 is 2.29 bits per heavy atom. The summed E-state index contributed by atoms with van der Waals surface area (Å²) in [5, 5.41) is 36.9. The van der Waals surface area contributed by atoms with Crippen LogP contribution in [-0.4, -0.2) is 33.2 Å². The fourth-order valence-electron chi connectivity index (χ4n) is 2.74. The molecule has 0 aliphatic carbocycles. The van der Waals surface area contributed by atoms with E-state index in [-0.39, 0.29) is 26.1 Å². The third-order valence-electron chi connectivity index (χ3n) is 4.51. The summed E-state index contributed by atoms with van der Waals surface area (Å²) >= 11 is 6.23. The van der Waals surface area contributed by atoms with Crippen LogP contribution in [-0.2, 0) is 4.79 Å². The fourth-order valence-corrected chi connectivity index (χ4v) is 3.58. The molecular weight excluding hydrogens is 588 g/mol. The first-order valence-electron chi connectivity index (χ1n) is 9.73. The van der Waals surface area contributed by atoms with E-state index in [9.17, 15) is 29.9 Å². The largest absolute Gasteiger partial charge is 0.503 e. The van der Waals surface area contributed by atoms with Gasteiger partial charge in [-0.25, -0.2) is 5.43 Å². The average molecular weight is 604 g/mol. The van der Waals surface area contributed by atoms with Gasteiger partial charge in [0, 0.05) is 23.3 Å². The van der Waals surface area contributed by atoms with Gasteiger partial charge in [0.25, 0.3) is 17.5 Å². The van der Waals surface area contributed by atoms with E-state index in [1.54, 1.807) is 30.3 Å². The van der Waals surface area contributed by atoms with Crippen LogP contribution in [0.3, 0.4) is 0 Å². The zero-order chi connectivity index (χ0) is 25.5. The van der Waals surface area contributed by atoms with Gasteiger partial charge in [-0.2, -0.15) is 5.10 Å². The highest BCUT2D eigenvalue weighted by molar-refractivity contribution is 9.11. The number of carbonyl (C=O) groups is 2. The Morgan fingerprint density at radius 2 is 1.66 bits per heavy atom. The average Bonchev–Trinajstić information content (AvgIpc) is 2.86. The van der Waals surface area contributed by atoms with E-state index in [2.05, 4.69) is 47.7 Å². The van der Waals surface area contributed by atoms with Crippen LogP contribution in [0.4, 0.5) is 5.69 Å². The molecule has 3 aromatic carbocycles. The number of nitro groups is 1. The first-order chi connectivity index (χ1) is 16.7. The molecule has 35 heavy (non-hydrogen) atoms. The summed E-state index contributed by atoms with van der Waals surface area (Å²) < 4.78 is 0.357. The molecule has 0 atom stereocenters. The number of nitrogens with one attached hydrogen (secondary N) is 2. The maximum Gasteiger partial charge on any atom is 0.287 e. The molecule has 178 valence electrons. The van der Waals surface area contributed by atoms with Gasteiger partial charge in [0.2, 0.25) is 0 Å². The molecule has 0 aliphatic heterocycles. The van der Waals surface area contributed by atoms with Crippen LogP contribution in [0.1, 0.15) is 21.5 Å². The lowest BCUT2D eigenvalue weighted by Crippen LogP contribution is -2.32. The highest BCUT2D eigenvalue weighted by atomic mass is 79.9. The molecule has 0 saturated carbocycles. The topological polar surface area (TPSA) is 154 Å². The van der Waals surface area contributed by atoms with E-state index in [0.717, 1.165) is 0 Å². The molecule has 3 aromatic rings. The van der Waals surface area contributed by atoms with Crippen molar-refractivity contribution in [3.05, 3.63) is 102 Å². The van der Waals surface area contributed by atoms with E-state index in [0.29, 0.717) is 16.7 Å². The molecule has 0 fully saturated rings. The molecule has 0 spiro atoms. The SMILES string of the molecule is O=C(N/N=C\c1cc(Br)c(O)c(O)c1Br)/C(=C/c1ccc([N+](=O)[O-])cc1)NC(=O)c1ccccc1. The standard InChI is InChI=1S/C23H16Br2N4O6/c24-17-11-15(19(25)21(31)20(17)30)12-26-28-23(33)18(27-22(32)14-4-2-1-3-5-14)10-13-6-8-16(9-7-13)29(34)35/h1-12,30-31H,(H,27,32)(H,28,33)/b18-10-,26-12-. The second-order valence-electron chi connectivity index (χ2n) is 6.88. The quantitative estimate of drug-likeness (QED) is 0.103. The zero-order valence-electron chi connectivity index (χ0n) is 17.6. The molecule has 0 bridgehead atoms. The molecular formula is C23H16Br2N4O6. The number of non-ortho nitro benzene ring substituents is 1. The third kappa shape index (κ3) is 6.52. The molecule has 0 aromatic heterocycles. The van der Waals surface area contributed by atoms with E-state index in [4.69, 9.17) is 0 Å². The minimum atomic E-state index is -0.776. The normalized spacial score (nSPS) is 11.3. The summed E-state index contributed by atoms with van der Waals surface area (Å²) in [5.41, 5.74) is 3.06. The number of phenolic OH excluding ortho intramolecular Hbond substituents is 2. The van der Waals surface area contributed by atoms with Crippen LogP contribution in [0.15, 0.2) is 80.4 Å². The number of benzene rings is 3. The van der Waals surface area contributed by atoms with E-state index in [1.165, 1.54) is 42.6 Å². The molecule has 2 amide bonds. The van der Waals surface area contributed by atoms with Gasteiger partial charge in [0.1, 0.15) is 5.70 Å². The van der Waals surface area contributed by atoms with Gasteiger partial charge >= 0.3 is 0 Å². The van der Waals surface area contributed by atoms with Crippen molar-refractivity contribution in [1.29, 1.82) is 0 Å². The lowest BCUT2D eigenvalue weighted by Gasteiger charge is -2.09. The fraction of sp³-hybridized carbons (Fsp3) is 0. The molecule has 3 rings (SSSR count). The summed E-state index contributed by atoms with van der Waals surface area (Å²) in [6.45, 7) is 0. The van der Waals surface area contributed by atoms with Gasteiger partial charge in [-0.05, 0) is 73.8 Å². The number of phenols is 2. The van der Waals surface area contributed by atoms with E-state index < -0.39 is 22.5 Å². The summed E-state index contributed by atoms with van der Waals surface area (Å²) in [6, 6.07) is 15.1. The molecule has 0 aliphatic rings. The van der Waals surface area contributed by atoms with Crippen molar-refractivity contribution in [2.45, 2.75) is 0 Å².